The van der Waals surface area contributed by atoms with E-state index in [1.165, 1.54) is 12.1 Å². The maximum Gasteiger partial charge on any atom is 0.265 e. The summed E-state index contributed by atoms with van der Waals surface area (Å²) in [6.07, 6.45) is 1.90. The van der Waals surface area contributed by atoms with Crippen LogP contribution in [-0.2, 0) is 4.79 Å². The van der Waals surface area contributed by atoms with Crippen LogP contribution in [0.3, 0.4) is 0 Å². The molecule has 112 valence electrons. The Kier molecular flexibility index (Phi) is 5.70. The van der Waals surface area contributed by atoms with Gasteiger partial charge in [-0.25, -0.2) is 4.39 Å². The van der Waals surface area contributed by atoms with Gasteiger partial charge in [0.1, 0.15) is 11.5 Å². The van der Waals surface area contributed by atoms with E-state index < -0.39 is 7.26 Å². The van der Waals surface area contributed by atoms with Crippen molar-refractivity contribution in [2.45, 2.75) is 39.8 Å². The number of anilines is 1. The Morgan fingerprint density at radius 2 is 1.75 bits per heavy atom. The molecule has 1 aromatic carbocycles. The van der Waals surface area contributed by atoms with E-state index in [-0.39, 0.29) is 17.4 Å². The molecule has 0 aliphatic heterocycles. The maximum absolute atomic E-state index is 13.3. The lowest BCUT2D eigenvalue weighted by atomic mass is 10.1. The van der Waals surface area contributed by atoms with Crippen molar-refractivity contribution in [3.05, 3.63) is 29.1 Å². The van der Waals surface area contributed by atoms with Gasteiger partial charge in [0.25, 0.3) is 5.91 Å². The first-order chi connectivity index (χ1) is 9.22. The molecule has 1 unspecified atom stereocenters. The Balaban J connectivity index is 3.01. The molecule has 0 saturated heterocycles. The minimum absolute atomic E-state index is 0.0661. The number of carbonyl (C=O) groups is 1. The van der Waals surface area contributed by atoms with Crippen molar-refractivity contribution in [2.75, 3.05) is 24.8 Å². The highest BCUT2D eigenvalue weighted by atomic mass is 31.2. The highest BCUT2D eigenvalue weighted by Gasteiger charge is 2.39. The van der Waals surface area contributed by atoms with Gasteiger partial charge >= 0.3 is 0 Å². The summed E-state index contributed by atoms with van der Waals surface area (Å²) in [6, 6.07) is 2.92. The van der Waals surface area contributed by atoms with E-state index in [2.05, 4.69) is 32.5 Å². The van der Waals surface area contributed by atoms with Crippen LogP contribution in [0.4, 0.5) is 10.1 Å². The van der Waals surface area contributed by atoms with Crippen LogP contribution in [0.1, 0.15) is 31.4 Å². The fraction of sp³-hybridized carbons (Fsp3) is 0.562. The molecule has 4 heteroatoms. The van der Waals surface area contributed by atoms with E-state index in [0.29, 0.717) is 0 Å². The largest absolute Gasteiger partial charge is 0.322 e. The molecule has 1 amide bonds. The number of hydrogen-bond donors (Lipinski definition) is 1. The summed E-state index contributed by atoms with van der Waals surface area (Å²) in [5, 5.41) is 3.02. The SMILES string of the molecule is CCC(C(=O)Nc1c(C)cc(F)cc1C)[P+](C)(C)CC. The third kappa shape index (κ3) is 3.79. The lowest BCUT2D eigenvalue weighted by Crippen LogP contribution is -2.30. The molecule has 1 atom stereocenters. The molecule has 0 spiro atoms. The van der Waals surface area contributed by atoms with Gasteiger partial charge in [-0.15, -0.1) is 0 Å². The number of amides is 1. The molecule has 1 N–H and O–H groups in total. The zero-order valence-electron chi connectivity index (χ0n) is 13.4. The molecule has 0 aromatic heterocycles. The Hall–Kier alpha value is -0.950. The van der Waals surface area contributed by atoms with Crippen molar-refractivity contribution in [1.82, 2.24) is 0 Å². The van der Waals surface area contributed by atoms with Gasteiger partial charge in [-0.05, 0) is 50.5 Å². The number of carbonyl (C=O) groups excluding carboxylic acids is 1. The van der Waals surface area contributed by atoms with Gasteiger partial charge in [0.05, 0.1) is 6.16 Å². The van der Waals surface area contributed by atoms with E-state index in [1.807, 2.05) is 13.8 Å². The van der Waals surface area contributed by atoms with Crippen molar-refractivity contribution < 1.29 is 9.18 Å². The molecule has 0 heterocycles. The van der Waals surface area contributed by atoms with Gasteiger partial charge in [0.15, 0.2) is 0 Å². The molecule has 20 heavy (non-hydrogen) atoms. The van der Waals surface area contributed by atoms with Gasteiger partial charge in [0, 0.05) is 26.3 Å². The van der Waals surface area contributed by atoms with E-state index in [0.717, 1.165) is 29.4 Å². The van der Waals surface area contributed by atoms with Crippen molar-refractivity contribution in [3.8, 4) is 0 Å². The average Bonchev–Trinajstić information content (AvgIpc) is 2.34. The quantitative estimate of drug-likeness (QED) is 0.799. The second kappa shape index (κ2) is 6.67. The fourth-order valence-electron chi connectivity index (χ4n) is 2.53. The normalized spacial score (nSPS) is 13.2. The first kappa shape index (κ1) is 17.1. The molecule has 0 saturated carbocycles. The molecular formula is C16H26FNOP+. The Morgan fingerprint density at radius 3 is 2.15 bits per heavy atom. The first-order valence-electron chi connectivity index (χ1n) is 7.13. The summed E-state index contributed by atoms with van der Waals surface area (Å²) < 4.78 is 13.3. The summed E-state index contributed by atoms with van der Waals surface area (Å²) in [4.78, 5) is 12.6. The van der Waals surface area contributed by atoms with Crippen LogP contribution in [0.5, 0.6) is 0 Å². The van der Waals surface area contributed by atoms with E-state index in [4.69, 9.17) is 0 Å². The van der Waals surface area contributed by atoms with Crippen LogP contribution in [-0.4, -0.2) is 31.1 Å². The number of benzene rings is 1. The second-order valence-electron chi connectivity index (χ2n) is 5.92. The minimum atomic E-state index is -1.25. The molecule has 2 nitrogen and oxygen atoms in total. The van der Waals surface area contributed by atoms with Gasteiger partial charge in [0.2, 0.25) is 0 Å². The molecule has 0 aliphatic rings. The Morgan fingerprint density at radius 1 is 1.25 bits per heavy atom. The third-order valence-electron chi connectivity index (χ3n) is 4.09. The monoisotopic (exact) mass is 298 g/mol. The molecule has 1 aromatic rings. The van der Waals surface area contributed by atoms with Crippen LogP contribution < -0.4 is 5.32 Å². The van der Waals surface area contributed by atoms with Gasteiger partial charge < -0.3 is 5.32 Å². The van der Waals surface area contributed by atoms with Gasteiger partial charge in [-0.1, -0.05) is 6.92 Å². The summed E-state index contributed by atoms with van der Waals surface area (Å²) in [5.74, 6) is -0.183. The number of rotatable bonds is 5. The van der Waals surface area contributed by atoms with Crippen LogP contribution in [0.25, 0.3) is 0 Å². The highest BCUT2D eigenvalue weighted by molar-refractivity contribution is 7.76. The lowest BCUT2D eigenvalue weighted by molar-refractivity contribution is -0.115. The number of aryl methyl sites for hydroxylation is 2. The van der Waals surface area contributed by atoms with E-state index in [9.17, 15) is 9.18 Å². The lowest BCUT2D eigenvalue weighted by Gasteiger charge is -2.26. The summed E-state index contributed by atoms with van der Waals surface area (Å²) in [5.41, 5.74) is 2.37. The van der Waals surface area contributed by atoms with Gasteiger partial charge in [-0.2, -0.15) is 0 Å². The van der Waals surface area contributed by atoms with Crippen LogP contribution >= 0.6 is 7.26 Å². The summed E-state index contributed by atoms with van der Waals surface area (Å²) in [7, 11) is -1.25. The zero-order chi connectivity index (χ0) is 15.5. The van der Waals surface area contributed by atoms with E-state index in [1.54, 1.807) is 0 Å². The van der Waals surface area contributed by atoms with Crippen LogP contribution in [0.2, 0.25) is 0 Å². The molecule has 0 aliphatic carbocycles. The summed E-state index contributed by atoms with van der Waals surface area (Å²) >= 11 is 0. The molecule has 0 bridgehead atoms. The molecule has 1 rings (SSSR count). The minimum Gasteiger partial charge on any atom is -0.322 e. The molecule has 0 fully saturated rings. The van der Waals surface area contributed by atoms with Crippen LogP contribution in [0.15, 0.2) is 12.1 Å². The second-order valence-corrected chi connectivity index (χ2v) is 10.7. The number of nitrogens with one attached hydrogen (secondary N) is 1. The smallest absolute Gasteiger partial charge is 0.265 e. The van der Waals surface area contributed by atoms with E-state index >= 15 is 0 Å². The molecular weight excluding hydrogens is 272 g/mol. The van der Waals surface area contributed by atoms with Crippen molar-refractivity contribution in [2.24, 2.45) is 0 Å². The predicted molar refractivity (Wildman–Crippen MR) is 87.9 cm³/mol. The highest BCUT2D eigenvalue weighted by Crippen LogP contribution is 2.57. The average molecular weight is 298 g/mol. The van der Waals surface area contributed by atoms with Crippen molar-refractivity contribution >= 4 is 18.9 Å². The number of halogens is 1. The standard InChI is InChI=1S/C16H25FNOP/c1-7-14(20(5,6)8-2)16(19)18-15-11(3)9-13(17)10-12(15)4/h9-10,14H,7-8H2,1-6H3/p+1. The number of hydrogen-bond acceptors (Lipinski definition) is 1. The van der Waals surface area contributed by atoms with Crippen molar-refractivity contribution in [3.63, 3.8) is 0 Å². The van der Waals surface area contributed by atoms with Gasteiger partial charge in [-0.3, -0.25) is 4.79 Å². The maximum atomic E-state index is 13.3. The zero-order valence-corrected chi connectivity index (χ0v) is 14.3. The Labute approximate surface area is 122 Å². The first-order valence-corrected chi connectivity index (χ1v) is 10.1. The summed E-state index contributed by atoms with van der Waals surface area (Å²) in [6.45, 7) is 12.3. The predicted octanol–water partition coefficient (Wildman–Crippen LogP) is 4.46. The van der Waals surface area contributed by atoms with Crippen molar-refractivity contribution in [1.29, 1.82) is 0 Å². The van der Waals surface area contributed by atoms with Crippen LogP contribution in [0, 0.1) is 19.7 Å². The third-order valence-corrected chi connectivity index (χ3v) is 8.01. The topological polar surface area (TPSA) is 29.1 Å². The molecule has 0 radical (unpaired) electrons. The Bertz CT molecular complexity index is 476. The fourth-order valence-corrected chi connectivity index (χ4v) is 4.66.